The van der Waals surface area contributed by atoms with Crippen molar-refractivity contribution in [1.29, 1.82) is 0 Å². The van der Waals surface area contributed by atoms with Gasteiger partial charge in [-0.3, -0.25) is 0 Å². The van der Waals surface area contributed by atoms with Gasteiger partial charge in [0.25, 0.3) is 0 Å². The lowest BCUT2D eigenvalue weighted by molar-refractivity contribution is 1.46. The normalized spacial score (nSPS) is 11.1. The summed E-state index contributed by atoms with van der Waals surface area (Å²) >= 11 is 1.94. The van der Waals surface area contributed by atoms with Crippen molar-refractivity contribution < 1.29 is 0 Å². The van der Waals surface area contributed by atoms with Crippen molar-refractivity contribution in [3.8, 4) is 0 Å². The molecule has 0 N–H and O–H groups in total. The standard InChI is InChI=1S/C9H15PS/c1-6-7(2)11-8(3)9(6)10(4)5/h1-5H3. The summed E-state index contributed by atoms with van der Waals surface area (Å²) in [5, 5.41) is 1.63. The van der Waals surface area contributed by atoms with E-state index in [-0.39, 0.29) is 7.92 Å². The minimum absolute atomic E-state index is 0.0940. The van der Waals surface area contributed by atoms with Crippen molar-refractivity contribution in [2.75, 3.05) is 13.3 Å². The Morgan fingerprint density at radius 2 is 1.55 bits per heavy atom. The Balaban J connectivity index is 3.22. The van der Waals surface area contributed by atoms with Crippen LogP contribution in [0.4, 0.5) is 0 Å². The zero-order valence-electron chi connectivity index (χ0n) is 7.86. The predicted octanol–water partition coefficient (Wildman–Crippen LogP) is 3.04. The summed E-state index contributed by atoms with van der Waals surface area (Å²) in [7, 11) is 0.0940. The van der Waals surface area contributed by atoms with E-state index in [9.17, 15) is 0 Å². The number of thiophene rings is 1. The average molecular weight is 186 g/mol. The van der Waals surface area contributed by atoms with Crippen LogP contribution < -0.4 is 5.30 Å². The molecule has 0 amide bonds. The third-order valence-corrected chi connectivity index (χ3v) is 4.81. The first-order chi connectivity index (χ1) is 5.04. The maximum atomic E-state index is 2.33. The van der Waals surface area contributed by atoms with E-state index in [4.69, 9.17) is 0 Å². The third-order valence-electron chi connectivity index (χ3n) is 1.97. The van der Waals surface area contributed by atoms with Crippen LogP contribution in [0.2, 0.25) is 0 Å². The Morgan fingerprint density at radius 1 is 1.00 bits per heavy atom. The molecule has 2 heteroatoms. The Kier molecular flexibility index (Phi) is 2.72. The molecule has 1 heterocycles. The van der Waals surface area contributed by atoms with Crippen LogP contribution in [0.25, 0.3) is 0 Å². The second-order valence-electron chi connectivity index (χ2n) is 3.08. The molecule has 0 bridgehead atoms. The SMILES string of the molecule is Cc1sc(C)c(P(C)C)c1C. The Labute approximate surface area is 74.4 Å². The van der Waals surface area contributed by atoms with Gasteiger partial charge in [0.15, 0.2) is 0 Å². The quantitative estimate of drug-likeness (QED) is 0.591. The summed E-state index contributed by atoms with van der Waals surface area (Å²) in [5.74, 6) is 0. The largest absolute Gasteiger partial charge is 0.145 e. The molecule has 0 saturated heterocycles. The van der Waals surface area contributed by atoms with Crippen molar-refractivity contribution in [2.24, 2.45) is 0 Å². The van der Waals surface area contributed by atoms with Crippen LogP contribution >= 0.6 is 19.3 Å². The number of aryl methyl sites for hydroxylation is 2. The Hall–Kier alpha value is 0.130. The van der Waals surface area contributed by atoms with Crippen molar-refractivity contribution in [2.45, 2.75) is 20.8 Å². The molecule has 1 rings (SSSR count). The molecule has 0 aliphatic rings. The van der Waals surface area contributed by atoms with Gasteiger partial charge in [0.2, 0.25) is 0 Å². The molecule has 0 nitrogen and oxygen atoms in total. The van der Waals surface area contributed by atoms with E-state index in [0.717, 1.165) is 0 Å². The third kappa shape index (κ3) is 1.65. The first-order valence-corrected chi connectivity index (χ1v) is 6.83. The highest BCUT2D eigenvalue weighted by Gasteiger charge is 2.11. The van der Waals surface area contributed by atoms with Gasteiger partial charge in [-0.25, -0.2) is 0 Å². The van der Waals surface area contributed by atoms with Gasteiger partial charge in [0.05, 0.1) is 0 Å². The molecule has 0 aliphatic carbocycles. The van der Waals surface area contributed by atoms with Crippen LogP contribution in [0.3, 0.4) is 0 Å². The van der Waals surface area contributed by atoms with Gasteiger partial charge in [-0.05, 0) is 45.0 Å². The van der Waals surface area contributed by atoms with E-state index in [1.54, 1.807) is 5.30 Å². The molecular weight excluding hydrogens is 171 g/mol. The fourth-order valence-electron chi connectivity index (χ4n) is 1.44. The first kappa shape index (κ1) is 9.22. The van der Waals surface area contributed by atoms with Crippen molar-refractivity contribution in [3.05, 3.63) is 15.3 Å². The van der Waals surface area contributed by atoms with Crippen molar-refractivity contribution in [3.63, 3.8) is 0 Å². The zero-order chi connectivity index (χ0) is 8.59. The molecule has 0 aliphatic heterocycles. The zero-order valence-corrected chi connectivity index (χ0v) is 9.57. The summed E-state index contributed by atoms with van der Waals surface area (Å²) in [6, 6.07) is 0. The molecule has 0 saturated carbocycles. The van der Waals surface area contributed by atoms with Gasteiger partial charge >= 0.3 is 0 Å². The summed E-state index contributed by atoms with van der Waals surface area (Å²) in [5.41, 5.74) is 1.53. The molecule has 11 heavy (non-hydrogen) atoms. The van der Waals surface area contributed by atoms with E-state index in [1.807, 2.05) is 11.3 Å². The van der Waals surface area contributed by atoms with Crippen LogP contribution in [0.5, 0.6) is 0 Å². The molecule has 0 unspecified atom stereocenters. The molecule has 62 valence electrons. The van der Waals surface area contributed by atoms with Crippen molar-refractivity contribution in [1.82, 2.24) is 0 Å². The summed E-state index contributed by atoms with van der Waals surface area (Å²) in [4.78, 5) is 3.02. The maximum absolute atomic E-state index is 2.33. The second kappa shape index (κ2) is 3.25. The molecular formula is C9H15PS. The second-order valence-corrected chi connectivity index (χ2v) is 6.75. The Morgan fingerprint density at radius 3 is 1.73 bits per heavy atom. The minimum atomic E-state index is 0.0940. The fraction of sp³-hybridized carbons (Fsp3) is 0.556. The summed E-state index contributed by atoms with van der Waals surface area (Å²) in [6.07, 6.45) is 0. The molecule has 1 aromatic heterocycles. The van der Waals surface area contributed by atoms with E-state index in [0.29, 0.717) is 0 Å². The molecule has 0 aromatic carbocycles. The van der Waals surface area contributed by atoms with Crippen LogP contribution in [0.1, 0.15) is 15.3 Å². The van der Waals surface area contributed by atoms with Crippen molar-refractivity contribution >= 4 is 24.6 Å². The van der Waals surface area contributed by atoms with E-state index >= 15 is 0 Å². The number of hydrogen-bond donors (Lipinski definition) is 0. The number of hydrogen-bond acceptors (Lipinski definition) is 1. The van der Waals surface area contributed by atoms with Gasteiger partial charge in [-0.2, -0.15) is 0 Å². The van der Waals surface area contributed by atoms with Gasteiger partial charge in [0.1, 0.15) is 0 Å². The topological polar surface area (TPSA) is 0 Å². The highest BCUT2D eigenvalue weighted by Crippen LogP contribution is 2.32. The smallest absolute Gasteiger partial charge is 0.00963 e. The summed E-state index contributed by atoms with van der Waals surface area (Å²) < 4.78 is 0. The lowest BCUT2D eigenvalue weighted by Crippen LogP contribution is -2.02. The van der Waals surface area contributed by atoms with Gasteiger partial charge in [-0.15, -0.1) is 11.3 Å². The van der Waals surface area contributed by atoms with Crippen LogP contribution in [-0.4, -0.2) is 13.3 Å². The monoisotopic (exact) mass is 186 g/mol. The molecule has 1 aromatic rings. The lowest BCUT2D eigenvalue weighted by atomic mass is 10.3. The van der Waals surface area contributed by atoms with Crippen LogP contribution in [0.15, 0.2) is 0 Å². The lowest BCUT2D eigenvalue weighted by Gasteiger charge is -2.06. The van der Waals surface area contributed by atoms with Crippen LogP contribution in [-0.2, 0) is 0 Å². The Bertz CT molecular complexity index is 261. The summed E-state index contributed by atoms with van der Waals surface area (Å²) in [6.45, 7) is 11.4. The molecule has 0 spiro atoms. The molecule has 0 radical (unpaired) electrons. The van der Waals surface area contributed by atoms with Gasteiger partial charge < -0.3 is 0 Å². The highest BCUT2D eigenvalue weighted by atomic mass is 32.1. The predicted molar refractivity (Wildman–Crippen MR) is 56.9 cm³/mol. The van der Waals surface area contributed by atoms with Crippen LogP contribution in [0, 0.1) is 20.8 Å². The van der Waals surface area contributed by atoms with E-state index < -0.39 is 0 Å². The number of rotatable bonds is 1. The fourth-order valence-corrected chi connectivity index (χ4v) is 4.63. The van der Waals surface area contributed by atoms with Gasteiger partial charge in [-0.1, -0.05) is 7.92 Å². The first-order valence-electron chi connectivity index (χ1n) is 3.78. The average Bonchev–Trinajstić information content (AvgIpc) is 2.07. The molecule has 0 fully saturated rings. The van der Waals surface area contributed by atoms with E-state index in [2.05, 4.69) is 34.1 Å². The van der Waals surface area contributed by atoms with Gasteiger partial charge in [0, 0.05) is 9.75 Å². The molecule has 0 atom stereocenters. The highest BCUT2D eigenvalue weighted by molar-refractivity contribution is 7.64. The van der Waals surface area contributed by atoms with E-state index in [1.165, 1.54) is 15.3 Å². The maximum Gasteiger partial charge on any atom is 0.00963 e. The minimum Gasteiger partial charge on any atom is -0.145 e.